The maximum atomic E-state index is 12.4. The van der Waals surface area contributed by atoms with Crippen LogP contribution in [0.5, 0.6) is 0 Å². The summed E-state index contributed by atoms with van der Waals surface area (Å²) in [5.74, 6) is 0.801. The Morgan fingerprint density at radius 2 is 2.00 bits per heavy atom. The van der Waals surface area contributed by atoms with Crippen molar-refractivity contribution in [2.75, 3.05) is 31.1 Å². The van der Waals surface area contributed by atoms with Gasteiger partial charge in [-0.15, -0.1) is 0 Å². The molecule has 2 N–H and O–H groups in total. The van der Waals surface area contributed by atoms with Gasteiger partial charge in [0.15, 0.2) is 0 Å². The molecule has 1 aliphatic heterocycles. The van der Waals surface area contributed by atoms with Gasteiger partial charge in [-0.05, 0) is 35.7 Å². The Morgan fingerprint density at radius 1 is 1.10 bits per heavy atom. The fourth-order valence-corrected chi connectivity index (χ4v) is 3.54. The number of anilines is 1. The molecule has 1 fully saturated rings. The van der Waals surface area contributed by atoms with E-state index in [1.165, 1.54) is 5.56 Å². The molecular formula is C23H25N5O. The van der Waals surface area contributed by atoms with Gasteiger partial charge in [-0.2, -0.15) is 0 Å². The van der Waals surface area contributed by atoms with Gasteiger partial charge in [0.1, 0.15) is 5.82 Å². The smallest absolute Gasteiger partial charge is 0.252 e. The minimum absolute atomic E-state index is 0.101. The number of amides is 1. The summed E-state index contributed by atoms with van der Waals surface area (Å²) in [7, 11) is 0. The van der Waals surface area contributed by atoms with E-state index in [4.69, 9.17) is 0 Å². The molecule has 0 spiro atoms. The Balaban J connectivity index is 1.33. The molecule has 4 rings (SSSR count). The predicted molar refractivity (Wildman–Crippen MR) is 114 cm³/mol. The number of benzene rings is 1. The first-order valence-electron chi connectivity index (χ1n) is 9.96. The number of hydrogen-bond acceptors (Lipinski definition) is 5. The van der Waals surface area contributed by atoms with Crippen LogP contribution in [0.3, 0.4) is 0 Å². The van der Waals surface area contributed by atoms with Crippen LogP contribution in [0.1, 0.15) is 27.5 Å². The number of nitrogens with zero attached hydrogens (tertiary/aromatic N) is 3. The molecule has 1 saturated heterocycles. The van der Waals surface area contributed by atoms with Gasteiger partial charge < -0.3 is 15.5 Å². The Labute approximate surface area is 171 Å². The minimum atomic E-state index is -0.101. The van der Waals surface area contributed by atoms with E-state index in [0.717, 1.165) is 37.4 Å². The van der Waals surface area contributed by atoms with Gasteiger partial charge in [0.05, 0.1) is 5.56 Å². The third-order valence-electron chi connectivity index (χ3n) is 5.13. The van der Waals surface area contributed by atoms with Crippen molar-refractivity contribution in [3.8, 4) is 0 Å². The van der Waals surface area contributed by atoms with E-state index in [1.54, 1.807) is 12.4 Å². The highest BCUT2D eigenvalue weighted by molar-refractivity contribution is 5.94. The van der Waals surface area contributed by atoms with Crippen molar-refractivity contribution in [2.24, 2.45) is 0 Å². The summed E-state index contributed by atoms with van der Waals surface area (Å²) < 4.78 is 0. The first kappa shape index (κ1) is 19.1. The van der Waals surface area contributed by atoms with Crippen molar-refractivity contribution in [1.29, 1.82) is 0 Å². The summed E-state index contributed by atoms with van der Waals surface area (Å²) in [5, 5.41) is 6.51. The Bertz CT molecular complexity index is 915. The molecule has 3 heterocycles. The average Bonchev–Trinajstić information content (AvgIpc) is 2.80. The zero-order valence-corrected chi connectivity index (χ0v) is 16.3. The van der Waals surface area contributed by atoms with Gasteiger partial charge in [0.25, 0.3) is 5.91 Å². The number of aromatic nitrogens is 2. The molecule has 0 aliphatic carbocycles. The summed E-state index contributed by atoms with van der Waals surface area (Å²) in [4.78, 5) is 23.3. The highest BCUT2D eigenvalue weighted by Crippen LogP contribution is 2.21. The number of rotatable bonds is 6. The highest BCUT2D eigenvalue weighted by Gasteiger charge is 2.21. The molecule has 1 atom stereocenters. The minimum Gasteiger partial charge on any atom is -0.353 e. The van der Waals surface area contributed by atoms with E-state index in [9.17, 15) is 4.79 Å². The number of nitrogens with one attached hydrogen (secondary N) is 2. The van der Waals surface area contributed by atoms with E-state index in [1.807, 2.05) is 36.5 Å². The lowest BCUT2D eigenvalue weighted by Crippen LogP contribution is -2.46. The van der Waals surface area contributed by atoms with Crippen molar-refractivity contribution in [3.05, 3.63) is 89.9 Å². The van der Waals surface area contributed by atoms with Crippen molar-refractivity contribution in [2.45, 2.75) is 12.5 Å². The van der Waals surface area contributed by atoms with Gasteiger partial charge in [-0.1, -0.05) is 36.4 Å². The van der Waals surface area contributed by atoms with Crippen LogP contribution in [0, 0.1) is 0 Å². The molecule has 1 aliphatic rings. The quantitative estimate of drug-likeness (QED) is 0.680. The molecular weight excluding hydrogens is 362 g/mol. The summed E-state index contributed by atoms with van der Waals surface area (Å²) in [6.45, 7) is 3.22. The van der Waals surface area contributed by atoms with Crippen LogP contribution in [0.2, 0.25) is 0 Å². The maximum absolute atomic E-state index is 12.4. The van der Waals surface area contributed by atoms with Gasteiger partial charge in [0.2, 0.25) is 0 Å². The second-order valence-corrected chi connectivity index (χ2v) is 7.14. The predicted octanol–water partition coefficient (Wildman–Crippen LogP) is 2.60. The van der Waals surface area contributed by atoms with Gasteiger partial charge >= 0.3 is 0 Å². The zero-order chi connectivity index (χ0) is 19.9. The molecule has 6 nitrogen and oxygen atoms in total. The molecule has 0 bridgehead atoms. The lowest BCUT2D eigenvalue weighted by atomic mass is 10.0. The monoisotopic (exact) mass is 387 g/mol. The van der Waals surface area contributed by atoms with Crippen molar-refractivity contribution < 1.29 is 4.79 Å². The van der Waals surface area contributed by atoms with E-state index < -0.39 is 0 Å². The standard InChI is InChI=1S/C23H25N5O/c29-23(26-12-10-18-5-4-11-24-15-18)20-8-9-22(27-16-20)28-14-13-25-21(17-28)19-6-2-1-3-7-19/h1-9,11,15-16,21,25H,10,12-14,17H2,(H,26,29). The third-order valence-corrected chi connectivity index (χ3v) is 5.13. The zero-order valence-electron chi connectivity index (χ0n) is 16.3. The second-order valence-electron chi connectivity index (χ2n) is 7.14. The fourth-order valence-electron chi connectivity index (χ4n) is 3.54. The molecule has 6 heteroatoms. The van der Waals surface area contributed by atoms with Crippen LogP contribution in [0.15, 0.2) is 73.2 Å². The van der Waals surface area contributed by atoms with Gasteiger partial charge in [-0.3, -0.25) is 9.78 Å². The molecule has 29 heavy (non-hydrogen) atoms. The number of hydrogen-bond donors (Lipinski definition) is 2. The Hall–Kier alpha value is -3.25. The number of piperazine rings is 1. The van der Waals surface area contributed by atoms with Crippen LogP contribution in [-0.2, 0) is 6.42 Å². The van der Waals surface area contributed by atoms with E-state index in [2.05, 4.69) is 49.8 Å². The number of pyridine rings is 2. The fraction of sp³-hybridized carbons (Fsp3) is 0.261. The molecule has 3 aromatic rings. The first-order chi connectivity index (χ1) is 14.3. The average molecular weight is 387 g/mol. The Morgan fingerprint density at radius 3 is 2.76 bits per heavy atom. The summed E-state index contributed by atoms with van der Waals surface area (Å²) in [6, 6.07) is 18.4. The van der Waals surface area contributed by atoms with Crippen LogP contribution in [-0.4, -0.2) is 42.1 Å². The van der Waals surface area contributed by atoms with E-state index >= 15 is 0 Å². The van der Waals surface area contributed by atoms with Crippen molar-refractivity contribution in [1.82, 2.24) is 20.6 Å². The molecule has 2 aromatic heterocycles. The van der Waals surface area contributed by atoms with Crippen molar-refractivity contribution >= 4 is 11.7 Å². The largest absolute Gasteiger partial charge is 0.353 e. The number of carbonyl (C=O) groups excluding carboxylic acids is 1. The van der Waals surface area contributed by atoms with Crippen LogP contribution < -0.4 is 15.5 Å². The summed E-state index contributed by atoms with van der Waals surface area (Å²) >= 11 is 0. The molecule has 0 radical (unpaired) electrons. The Kier molecular flexibility index (Phi) is 6.12. The van der Waals surface area contributed by atoms with Gasteiger partial charge in [0, 0.05) is 50.8 Å². The normalized spacial score (nSPS) is 16.4. The van der Waals surface area contributed by atoms with Crippen LogP contribution in [0.4, 0.5) is 5.82 Å². The summed E-state index contributed by atoms with van der Waals surface area (Å²) in [6.07, 6.45) is 5.98. The van der Waals surface area contributed by atoms with Crippen molar-refractivity contribution in [3.63, 3.8) is 0 Å². The van der Waals surface area contributed by atoms with Crippen LogP contribution in [0.25, 0.3) is 0 Å². The maximum Gasteiger partial charge on any atom is 0.252 e. The molecule has 1 unspecified atom stereocenters. The second kappa shape index (κ2) is 9.30. The van der Waals surface area contributed by atoms with E-state index in [0.29, 0.717) is 12.1 Å². The molecule has 1 amide bonds. The van der Waals surface area contributed by atoms with E-state index in [-0.39, 0.29) is 11.9 Å². The highest BCUT2D eigenvalue weighted by atomic mass is 16.1. The SMILES string of the molecule is O=C(NCCc1cccnc1)c1ccc(N2CCNC(c3ccccc3)C2)nc1. The topological polar surface area (TPSA) is 70.2 Å². The summed E-state index contributed by atoms with van der Waals surface area (Å²) in [5.41, 5.74) is 2.96. The first-order valence-corrected chi connectivity index (χ1v) is 9.96. The lowest BCUT2D eigenvalue weighted by Gasteiger charge is -2.34. The van der Waals surface area contributed by atoms with Gasteiger partial charge in [-0.25, -0.2) is 4.98 Å². The number of carbonyl (C=O) groups is 1. The lowest BCUT2D eigenvalue weighted by molar-refractivity contribution is 0.0954. The third kappa shape index (κ3) is 4.97. The molecule has 0 saturated carbocycles. The van der Waals surface area contributed by atoms with Crippen LogP contribution >= 0.6 is 0 Å². The molecule has 148 valence electrons. The molecule has 1 aromatic carbocycles.